The van der Waals surface area contributed by atoms with Crippen LogP contribution >= 0.6 is 0 Å². The maximum absolute atomic E-state index is 6.10. The van der Waals surface area contributed by atoms with E-state index in [9.17, 15) is 0 Å². The average Bonchev–Trinajstić information content (AvgIpc) is 2.36. The van der Waals surface area contributed by atoms with E-state index in [0.717, 1.165) is 12.2 Å². The zero-order chi connectivity index (χ0) is 11.5. The van der Waals surface area contributed by atoms with Crippen LogP contribution < -0.4 is 10.5 Å². The van der Waals surface area contributed by atoms with Crippen LogP contribution in [-0.4, -0.2) is 7.11 Å². The van der Waals surface area contributed by atoms with Crippen molar-refractivity contribution in [3.63, 3.8) is 0 Å². The molecule has 0 aliphatic carbocycles. The first-order valence-electron chi connectivity index (χ1n) is 5.58. The van der Waals surface area contributed by atoms with E-state index in [1.807, 2.05) is 18.2 Å². The minimum Gasteiger partial charge on any atom is -0.497 e. The van der Waals surface area contributed by atoms with Gasteiger partial charge in [-0.2, -0.15) is 0 Å². The summed E-state index contributed by atoms with van der Waals surface area (Å²) in [5, 5.41) is 2.40. The highest BCUT2D eigenvalue weighted by Gasteiger charge is 2.07. The van der Waals surface area contributed by atoms with E-state index in [-0.39, 0.29) is 6.04 Å². The molecule has 84 valence electrons. The van der Waals surface area contributed by atoms with Crippen LogP contribution in [0.2, 0.25) is 0 Å². The van der Waals surface area contributed by atoms with Crippen LogP contribution in [0.5, 0.6) is 5.75 Å². The van der Waals surface area contributed by atoms with Gasteiger partial charge >= 0.3 is 0 Å². The molecule has 0 spiro atoms. The van der Waals surface area contributed by atoms with Crippen molar-refractivity contribution < 1.29 is 4.74 Å². The first-order chi connectivity index (χ1) is 7.76. The summed E-state index contributed by atoms with van der Waals surface area (Å²) in [5.41, 5.74) is 7.31. The number of nitrogens with two attached hydrogens (primary N) is 1. The highest BCUT2D eigenvalue weighted by atomic mass is 16.5. The third-order valence-electron chi connectivity index (χ3n) is 2.96. The Bertz CT molecular complexity index is 493. The smallest absolute Gasteiger partial charge is 0.119 e. The zero-order valence-corrected chi connectivity index (χ0v) is 9.73. The summed E-state index contributed by atoms with van der Waals surface area (Å²) in [6.45, 7) is 2.10. The van der Waals surface area contributed by atoms with E-state index < -0.39 is 0 Å². The predicted octanol–water partition coefficient (Wildman–Crippen LogP) is 3.26. The van der Waals surface area contributed by atoms with Crippen LogP contribution in [0.4, 0.5) is 0 Å². The Labute approximate surface area is 96.0 Å². The minimum absolute atomic E-state index is 0.108. The van der Waals surface area contributed by atoms with Crippen molar-refractivity contribution in [2.24, 2.45) is 5.73 Å². The highest BCUT2D eigenvalue weighted by Crippen LogP contribution is 2.27. The summed E-state index contributed by atoms with van der Waals surface area (Å²) in [5.74, 6) is 0.884. The Morgan fingerprint density at radius 3 is 2.75 bits per heavy atom. The Balaban J connectivity index is 2.60. The molecule has 0 aromatic heterocycles. The molecule has 2 aromatic rings. The normalized spacial score (nSPS) is 12.7. The lowest BCUT2D eigenvalue weighted by molar-refractivity contribution is 0.415. The number of ether oxygens (including phenoxy) is 1. The molecule has 0 fully saturated rings. The van der Waals surface area contributed by atoms with Crippen molar-refractivity contribution in [2.75, 3.05) is 7.11 Å². The van der Waals surface area contributed by atoms with Crippen LogP contribution in [0.1, 0.15) is 24.9 Å². The molecule has 2 rings (SSSR count). The van der Waals surface area contributed by atoms with Crippen molar-refractivity contribution in [3.05, 3.63) is 42.0 Å². The maximum Gasteiger partial charge on any atom is 0.119 e. The first-order valence-corrected chi connectivity index (χ1v) is 5.58. The van der Waals surface area contributed by atoms with Gasteiger partial charge in [0.2, 0.25) is 0 Å². The number of hydrogen-bond donors (Lipinski definition) is 1. The van der Waals surface area contributed by atoms with Gasteiger partial charge in [-0.05, 0) is 34.9 Å². The zero-order valence-electron chi connectivity index (χ0n) is 9.73. The monoisotopic (exact) mass is 215 g/mol. The minimum atomic E-state index is 0.108. The second kappa shape index (κ2) is 4.54. The maximum atomic E-state index is 6.10. The number of rotatable bonds is 3. The molecule has 0 heterocycles. The number of benzene rings is 2. The molecule has 1 unspecified atom stereocenters. The topological polar surface area (TPSA) is 35.2 Å². The van der Waals surface area contributed by atoms with E-state index >= 15 is 0 Å². The predicted molar refractivity (Wildman–Crippen MR) is 67.7 cm³/mol. The molecule has 0 saturated carbocycles. The van der Waals surface area contributed by atoms with Crippen molar-refractivity contribution in [1.29, 1.82) is 0 Å². The molecule has 0 saturated heterocycles. The average molecular weight is 215 g/mol. The molecule has 0 aliphatic rings. The van der Waals surface area contributed by atoms with Gasteiger partial charge in [-0.25, -0.2) is 0 Å². The molecule has 0 bridgehead atoms. The largest absolute Gasteiger partial charge is 0.497 e. The molecule has 2 aromatic carbocycles. The second-order valence-electron chi connectivity index (χ2n) is 3.95. The summed E-state index contributed by atoms with van der Waals surface area (Å²) < 4.78 is 5.22. The van der Waals surface area contributed by atoms with E-state index in [0.29, 0.717) is 0 Å². The van der Waals surface area contributed by atoms with Crippen LogP contribution in [0.3, 0.4) is 0 Å². The fourth-order valence-corrected chi connectivity index (χ4v) is 1.96. The lowest BCUT2D eigenvalue weighted by atomic mass is 9.98. The Kier molecular flexibility index (Phi) is 3.11. The van der Waals surface area contributed by atoms with Gasteiger partial charge in [0.1, 0.15) is 5.75 Å². The molecule has 16 heavy (non-hydrogen) atoms. The van der Waals surface area contributed by atoms with Gasteiger partial charge in [-0.3, -0.25) is 0 Å². The fourth-order valence-electron chi connectivity index (χ4n) is 1.96. The molecule has 0 amide bonds. The quantitative estimate of drug-likeness (QED) is 0.853. The van der Waals surface area contributed by atoms with E-state index in [1.54, 1.807) is 7.11 Å². The summed E-state index contributed by atoms with van der Waals surface area (Å²) >= 11 is 0. The van der Waals surface area contributed by atoms with Crippen molar-refractivity contribution >= 4 is 10.8 Å². The molecule has 0 aliphatic heterocycles. The summed E-state index contributed by atoms with van der Waals surface area (Å²) in [6, 6.07) is 12.4. The number of fused-ring (bicyclic) bond motifs is 1. The molecule has 2 N–H and O–H groups in total. The molecule has 1 atom stereocenters. The van der Waals surface area contributed by atoms with Crippen LogP contribution in [0, 0.1) is 0 Å². The molecule has 0 radical (unpaired) electrons. The van der Waals surface area contributed by atoms with Crippen molar-refractivity contribution in [3.8, 4) is 5.75 Å². The molecular weight excluding hydrogens is 198 g/mol. The van der Waals surface area contributed by atoms with Crippen LogP contribution in [-0.2, 0) is 0 Å². The third-order valence-corrected chi connectivity index (χ3v) is 2.96. The first kappa shape index (κ1) is 11.0. The lowest BCUT2D eigenvalue weighted by Gasteiger charge is -2.13. The van der Waals surface area contributed by atoms with Crippen LogP contribution in [0.25, 0.3) is 10.8 Å². The van der Waals surface area contributed by atoms with Crippen molar-refractivity contribution in [1.82, 2.24) is 0 Å². The van der Waals surface area contributed by atoms with Crippen LogP contribution in [0.15, 0.2) is 36.4 Å². The van der Waals surface area contributed by atoms with E-state index in [1.165, 1.54) is 16.3 Å². The standard InChI is InChI=1S/C14H17NO/c1-3-14(15)13-6-4-5-10-9-11(16-2)7-8-12(10)13/h4-9,14H,3,15H2,1-2H3. The summed E-state index contributed by atoms with van der Waals surface area (Å²) in [4.78, 5) is 0. The Morgan fingerprint density at radius 1 is 1.25 bits per heavy atom. The van der Waals surface area contributed by atoms with Gasteiger partial charge in [-0.15, -0.1) is 0 Å². The number of methoxy groups -OCH3 is 1. The lowest BCUT2D eigenvalue weighted by Crippen LogP contribution is -2.08. The van der Waals surface area contributed by atoms with Gasteiger partial charge in [0.05, 0.1) is 7.11 Å². The van der Waals surface area contributed by atoms with Gasteiger partial charge in [0, 0.05) is 6.04 Å². The number of hydrogen-bond acceptors (Lipinski definition) is 2. The molecular formula is C14H17NO. The van der Waals surface area contributed by atoms with Gasteiger partial charge in [0.15, 0.2) is 0 Å². The summed E-state index contributed by atoms with van der Waals surface area (Å²) in [7, 11) is 1.68. The Morgan fingerprint density at radius 2 is 2.06 bits per heavy atom. The third kappa shape index (κ3) is 1.89. The Hall–Kier alpha value is -1.54. The van der Waals surface area contributed by atoms with E-state index in [2.05, 4.69) is 25.1 Å². The van der Waals surface area contributed by atoms with E-state index in [4.69, 9.17) is 10.5 Å². The van der Waals surface area contributed by atoms with Gasteiger partial charge < -0.3 is 10.5 Å². The van der Waals surface area contributed by atoms with Crippen molar-refractivity contribution in [2.45, 2.75) is 19.4 Å². The van der Waals surface area contributed by atoms with Gasteiger partial charge in [0.25, 0.3) is 0 Å². The SMILES string of the molecule is CCC(N)c1cccc2cc(OC)ccc12. The molecule has 2 heteroatoms. The highest BCUT2D eigenvalue weighted by molar-refractivity contribution is 5.87. The fraction of sp³-hybridized carbons (Fsp3) is 0.286. The second-order valence-corrected chi connectivity index (χ2v) is 3.95. The summed E-state index contributed by atoms with van der Waals surface area (Å²) in [6.07, 6.45) is 0.950. The molecule has 2 nitrogen and oxygen atoms in total. The van der Waals surface area contributed by atoms with Gasteiger partial charge in [-0.1, -0.05) is 31.2 Å².